The lowest BCUT2D eigenvalue weighted by Crippen LogP contribution is -2.00. The van der Waals surface area contributed by atoms with Crippen LogP contribution in [0.25, 0.3) is 0 Å². The molecule has 0 unspecified atom stereocenters. The van der Waals surface area contributed by atoms with Gasteiger partial charge in [0.05, 0.1) is 0 Å². The normalized spacial score (nSPS) is 10.6. The van der Waals surface area contributed by atoms with Crippen molar-refractivity contribution in [2.45, 2.75) is 33.1 Å². The van der Waals surface area contributed by atoms with Gasteiger partial charge in [0, 0.05) is 23.5 Å². The highest BCUT2D eigenvalue weighted by molar-refractivity contribution is 5.39. The van der Waals surface area contributed by atoms with Crippen molar-refractivity contribution in [3.63, 3.8) is 0 Å². The third-order valence-corrected chi connectivity index (χ3v) is 2.87. The molecule has 1 aromatic carbocycles. The van der Waals surface area contributed by atoms with Gasteiger partial charge in [0.1, 0.15) is 5.82 Å². The van der Waals surface area contributed by atoms with Crippen molar-refractivity contribution < 1.29 is 0 Å². The van der Waals surface area contributed by atoms with Crippen LogP contribution in [0.3, 0.4) is 0 Å². The number of aromatic nitrogens is 2. The van der Waals surface area contributed by atoms with Crippen molar-refractivity contribution in [2.24, 2.45) is 0 Å². The molecule has 18 heavy (non-hydrogen) atoms. The van der Waals surface area contributed by atoms with Crippen LogP contribution in [0.1, 0.15) is 29.2 Å². The Morgan fingerprint density at radius 1 is 0.944 bits per heavy atom. The average molecular weight is 241 g/mol. The third kappa shape index (κ3) is 3.55. The number of nitrogens with zero attached hydrogens (tertiary/aromatic N) is 2. The Bertz CT molecular complexity index is 498. The maximum absolute atomic E-state index is 5.66. The van der Waals surface area contributed by atoms with Gasteiger partial charge in [0.25, 0.3) is 0 Å². The Hall–Kier alpha value is -1.90. The zero-order valence-electron chi connectivity index (χ0n) is 11.0. The molecule has 2 rings (SSSR count). The minimum absolute atomic E-state index is 0.816. The van der Waals surface area contributed by atoms with Crippen molar-refractivity contribution >= 4 is 5.69 Å². The van der Waals surface area contributed by atoms with Gasteiger partial charge in [-0.3, -0.25) is 0 Å². The summed E-state index contributed by atoms with van der Waals surface area (Å²) in [4.78, 5) is 8.90. The van der Waals surface area contributed by atoms with Crippen LogP contribution in [-0.4, -0.2) is 9.97 Å². The fraction of sp³-hybridized carbons (Fsp3) is 0.333. The van der Waals surface area contributed by atoms with E-state index in [1.54, 1.807) is 0 Å². The van der Waals surface area contributed by atoms with Gasteiger partial charge in [0.15, 0.2) is 0 Å². The van der Waals surface area contributed by atoms with Crippen molar-refractivity contribution in [3.05, 3.63) is 53.1 Å². The van der Waals surface area contributed by atoms with Gasteiger partial charge in [0.2, 0.25) is 0 Å². The first kappa shape index (κ1) is 12.6. The van der Waals surface area contributed by atoms with E-state index in [0.717, 1.165) is 42.2 Å². The lowest BCUT2D eigenvalue weighted by atomic mass is 10.1. The molecule has 3 heteroatoms. The van der Waals surface area contributed by atoms with Crippen LogP contribution in [0.15, 0.2) is 30.3 Å². The summed E-state index contributed by atoms with van der Waals surface area (Å²) in [6, 6.07) is 10.1. The quantitative estimate of drug-likeness (QED) is 0.837. The molecule has 0 spiro atoms. The van der Waals surface area contributed by atoms with Gasteiger partial charge in [-0.2, -0.15) is 0 Å². The molecule has 0 saturated carbocycles. The molecule has 0 atom stereocenters. The topological polar surface area (TPSA) is 51.8 Å². The first-order valence-electron chi connectivity index (χ1n) is 6.29. The van der Waals surface area contributed by atoms with Gasteiger partial charge < -0.3 is 5.73 Å². The Morgan fingerprint density at radius 3 is 2.17 bits per heavy atom. The second-order valence-corrected chi connectivity index (χ2v) is 4.66. The number of nitrogens with two attached hydrogens (primary N) is 1. The molecule has 94 valence electrons. The standard InChI is InChI=1S/C15H19N3/c1-11-10-12(2)18-15(17-11)5-3-4-13-6-8-14(16)9-7-13/h6-10H,3-5,16H2,1-2H3. The summed E-state index contributed by atoms with van der Waals surface area (Å²) < 4.78 is 0. The largest absolute Gasteiger partial charge is 0.399 e. The minimum atomic E-state index is 0.816. The molecular formula is C15H19N3. The summed E-state index contributed by atoms with van der Waals surface area (Å²) in [5, 5.41) is 0. The summed E-state index contributed by atoms with van der Waals surface area (Å²) in [7, 11) is 0. The van der Waals surface area contributed by atoms with E-state index in [0.29, 0.717) is 0 Å². The molecule has 0 amide bonds. The molecule has 2 aromatic rings. The van der Waals surface area contributed by atoms with Crippen LogP contribution in [0.5, 0.6) is 0 Å². The number of anilines is 1. The van der Waals surface area contributed by atoms with Gasteiger partial charge in [-0.25, -0.2) is 9.97 Å². The Kier molecular flexibility index (Phi) is 3.92. The summed E-state index contributed by atoms with van der Waals surface area (Å²) in [6.07, 6.45) is 3.02. The van der Waals surface area contributed by atoms with Crippen molar-refractivity contribution in [1.29, 1.82) is 0 Å². The second kappa shape index (κ2) is 5.63. The summed E-state index contributed by atoms with van der Waals surface area (Å²) in [5.41, 5.74) is 9.88. The second-order valence-electron chi connectivity index (χ2n) is 4.66. The lowest BCUT2D eigenvalue weighted by molar-refractivity contribution is 0.760. The molecule has 0 aliphatic carbocycles. The highest BCUT2D eigenvalue weighted by Gasteiger charge is 2.00. The Labute approximate surface area is 108 Å². The Morgan fingerprint density at radius 2 is 1.56 bits per heavy atom. The highest BCUT2D eigenvalue weighted by atomic mass is 14.9. The molecule has 1 aromatic heterocycles. The smallest absolute Gasteiger partial charge is 0.128 e. The maximum atomic E-state index is 5.66. The summed E-state index contributed by atoms with van der Waals surface area (Å²) in [5.74, 6) is 0.947. The van der Waals surface area contributed by atoms with E-state index in [-0.39, 0.29) is 0 Å². The van der Waals surface area contributed by atoms with Gasteiger partial charge >= 0.3 is 0 Å². The molecule has 0 radical (unpaired) electrons. The van der Waals surface area contributed by atoms with Gasteiger partial charge in [-0.1, -0.05) is 12.1 Å². The predicted molar refractivity (Wildman–Crippen MR) is 74.4 cm³/mol. The molecule has 2 N–H and O–H groups in total. The van der Waals surface area contributed by atoms with Crippen molar-refractivity contribution in [2.75, 3.05) is 5.73 Å². The van der Waals surface area contributed by atoms with Crippen LogP contribution in [0.4, 0.5) is 5.69 Å². The minimum Gasteiger partial charge on any atom is -0.399 e. The van der Waals surface area contributed by atoms with Crippen LogP contribution < -0.4 is 5.73 Å². The fourth-order valence-electron chi connectivity index (χ4n) is 2.05. The van der Waals surface area contributed by atoms with Crippen molar-refractivity contribution in [3.8, 4) is 0 Å². The molecule has 1 heterocycles. The molecular weight excluding hydrogens is 222 g/mol. The number of hydrogen-bond donors (Lipinski definition) is 1. The van der Waals surface area contributed by atoms with Crippen LogP contribution in [0, 0.1) is 13.8 Å². The molecule has 0 aliphatic rings. The number of aryl methyl sites for hydroxylation is 4. The van der Waals surface area contributed by atoms with E-state index in [9.17, 15) is 0 Å². The van der Waals surface area contributed by atoms with E-state index in [4.69, 9.17) is 5.73 Å². The average Bonchev–Trinajstić information content (AvgIpc) is 2.30. The number of benzene rings is 1. The Balaban J connectivity index is 1.90. The van der Waals surface area contributed by atoms with E-state index in [1.807, 2.05) is 32.0 Å². The monoisotopic (exact) mass is 241 g/mol. The first-order chi connectivity index (χ1) is 8.63. The predicted octanol–water partition coefficient (Wildman–Crippen LogP) is 2.85. The SMILES string of the molecule is Cc1cc(C)nc(CCCc2ccc(N)cc2)n1. The zero-order chi connectivity index (χ0) is 13.0. The van der Waals surface area contributed by atoms with E-state index >= 15 is 0 Å². The van der Waals surface area contributed by atoms with Gasteiger partial charge in [-0.15, -0.1) is 0 Å². The lowest BCUT2D eigenvalue weighted by Gasteiger charge is -2.04. The van der Waals surface area contributed by atoms with E-state index in [2.05, 4.69) is 22.1 Å². The number of rotatable bonds is 4. The molecule has 0 saturated heterocycles. The molecule has 3 nitrogen and oxygen atoms in total. The zero-order valence-corrected chi connectivity index (χ0v) is 11.0. The summed E-state index contributed by atoms with van der Waals surface area (Å²) in [6.45, 7) is 4.02. The fourth-order valence-corrected chi connectivity index (χ4v) is 2.05. The van der Waals surface area contributed by atoms with E-state index < -0.39 is 0 Å². The van der Waals surface area contributed by atoms with Gasteiger partial charge in [-0.05, 0) is 50.5 Å². The number of nitrogen functional groups attached to an aromatic ring is 1. The summed E-state index contributed by atoms with van der Waals surface area (Å²) >= 11 is 0. The van der Waals surface area contributed by atoms with Crippen LogP contribution in [0.2, 0.25) is 0 Å². The maximum Gasteiger partial charge on any atom is 0.128 e. The molecule has 0 aliphatic heterocycles. The number of hydrogen-bond acceptors (Lipinski definition) is 3. The van der Waals surface area contributed by atoms with Crippen LogP contribution in [-0.2, 0) is 12.8 Å². The molecule has 0 fully saturated rings. The van der Waals surface area contributed by atoms with E-state index in [1.165, 1.54) is 5.56 Å². The molecule has 0 bridgehead atoms. The van der Waals surface area contributed by atoms with Crippen LogP contribution >= 0.6 is 0 Å². The third-order valence-electron chi connectivity index (χ3n) is 2.87. The highest BCUT2D eigenvalue weighted by Crippen LogP contribution is 2.09. The van der Waals surface area contributed by atoms with Crippen molar-refractivity contribution in [1.82, 2.24) is 9.97 Å². The first-order valence-corrected chi connectivity index (χ1v) is 6.29.